The average molecular weight is 422 g/mol. The van der Waals surface area contributed by atoms with Crippen molar-refractivity contribution in [2.24, 2.45) is 17.8 Å². The number of anilines is 1. The lowest BCUT2D eigenvalue weighted by Crippen LogP contribution is -2.41. The maximum atomic E-state index is 13.1. The van der Waals surface area contributed by atoms with Crippen LogP contribution in [0.4, 0.5) is 9.80 Å². The van der Waals surface area contributed by atoms with E-state index in [-0.39, 0.29) is 11.7 Å². The number of thiophene rings is 1. The number of rotatable bonds is 6. The van der Waals surface area contributed by atoms with Gasteiger partial charge in [-0.15, -0.1) is 11.3 Å². The summed E-state index contributed by atoms with van der Waals surface area (Å²) >= 11 is 1.41. The van der Waals surface area contributed by atoms with Crippen LogP contribution in [0.25, 0.3) is 0 Å². The molecule has 1 aliphatic heterocycles. The van der Waals surface area contributed by atoms with Gasteiger partial charge in [0.05, 0.1) is 5.56 Å². The number of ketones is 1. The van der Waals surface area contributed by atoms with Crippen LogP contribution in [0, 0.1) is 24.7 Å². The van der Waals surface area contributed by atoms with Crippen LogP contribution < -0.4 is 15.8 Å². The molecule has 29 heavy (non-hydrogen) atoms. The van der Waals surface area contributed by atoms with Gasteiger partial charge in [-0.05, 0) is 64.4 Å². The smallest absolute Gasteiger partial charge is 0.422 e. The predicted molar refractivity (Wildman–Crippen MR) is 113 cm³/mol. The number of carbonyl (C=O) groups is 3. The fourth-order valence-corrected chi connectivity index (χ4v) is 5.01. The Kier molecular flexibility index (Phi) is 6.06. The van der Waals surface area contributed by atoms with E-state index in [2.05, 4.69) is 17.8 Å². The normalized spacial score (nSPS) is 23.8. The summed E-state index contributed by atoms with van der Waals surface area (Å²) in [5, 5.41) is 0.697. The number of hydrazine groups is 1. The van der Waals surface area contributed by atoms with Crippen LogP contribution in [0.1, 0.15) is 67.8 Å². The van der Waals surface area contributed by atoms with E-state index in [1.165, 1.54) is 17.8 Å². The summed E-state index contributed by atoms with van der Waals surface area (Å²) in [5.74, 6) is 0.633. The van der Waals surface area contributed by atoms with Crippen molar-refractivity contribution in [3.63, 3.8) is 0 Å². The molecule has 1 aliphatic carbocycles. The molecular weight excluding hydrogens is 390 g/mol. The van der Waals surface area contributed by atoms with Crippen LogP contribution in [-0.2, 0) is 16.1 Å². The molecule has 7 nitrogen and oxygen atoms in total. The van der Waals surface area contributed by atoms with Crippen molar-refractivity contribution in [3.8, 4) is 0 Å². The number of nitrogens with zero attached hydrogens (tertiary/aromatic N) is 1. The van der Waals surface area contributed by atoms with Crippen LogP contribution in [0.2, 0.25) is 0 Å². The van der Waals surface area contributed by atoms with Crippen molar-refractivity contribution in [3.05, 3.63) is 16.0 Å². The fourth-order valence-electron chi connectivity index (χ4n) is 3.80. The van der Waals surface area contributed by atoms with Crippen molar-refractivity contribution >= 4 is 34.1 Å². The molecule has 2 heterocycles. The Morgan fingerprint density at radius 3 is 2.52 bits per heavy atom. The fraction of sp³-hybridized carbons (Fsp3) is 0.667. The molecule has 2 amide bonds. The first-order valence-corrected chi connectivity index (χ1v) is 11.0. The lowest BCUT2D eigenvalue weighted by molar-refractivity contribution is -0.121. The minimum absolute atomic E-state index is 0.0588. The zero-order valence-corrected chi connectivity index (χ0v) is 18.9. The van der Waals surface area contributed by atoms with E-state index in [1.807, 2.05) is 6.92 Å². The Morgan fingerprint density at radius 2 is 1.93 bits per heavy atom. The van der Waals surface area contributed by atoms with Crippen LogP contribution in [-0.4, -0.2) is 30.4 Å². The molecule has 0 spiro atoms. The van der Waals surface area contributed by atoms with Gasteiger partial charge >= 0.3 is 6.09 Å². The minimum Gasteiger partial charge on any atom is -0.443 e. The van der Waals surface area contributed by atoms with E-state index < -0.39 is 17.6 Å². The van der Waals surface area contributed by atoms with E-state index in [0.29, 0.717) is 29.4 Å². The SMILES string of the molecule is Cc1c(CNNC(=O)OC(C)(C)C)sc2c1C(=O)C(CC[C@H]1C[C@@H]1C)C(=O)N2C. The van der Waals surface area contributed by atoms with Gasteiger partial charge in [0, 0.05) is 18.5 Å². The monoisotopic (exact) mass is 421 g/mol. The molecule has 0 radical (unpaired) electrons. The first kappa shape index (κ1) is 21.8. The molecule has 2 aliphatic rings. The third kappa shape index (κ3) is 4.80. The maximum absolute atomic E-state index is 13.1. The van der Waals surface area contributed by atoms with Crippen molar-refractivity contribution in [1.82, 2.24) is 10.9 Å². The van der Waals surface area contributed by atoms with Crippen LogP contribution >= 0.6 is 11.3 Å². The van der Waals surface area contributed by atoms with Crippen LogP contribution in [0.3, 0.4) is 0 Å². The van der Waals surface area contributed by atoms with Crippen molar-refractivity contribution < 1.29 is 19.1 Å². The second-order valence-electron chi connectivity index (χ2n) is 9.18. The molecule has 1 unspecified atom stereocenters. The highest BCUT2D eigenvalue weighted by atomic mass is 32.1. The zero-order chi connectivity index (χ0) is 21.5. The van der Waals surface area contributed by atoms with Gasteiger partial charge in [0.2, 0.25) is 5.91 Å². The summed E-state index contributed by atoms with van der Waals surface area (Å²) in [6.07, 6.45) is 2.20. The lowest BCUT2D eigenvalue weighted by Gasteiger charge is -2.28. The number of hydrogen-bond acceptors (Lipinski definition) is 6. The zero-order valence-electron chi connectivity index (χ0n) is 18.0. The molecule has 0 saturated heterocycles. The molecule has 1 saturated carbocycles. The largest absolute Gasteiger partial charge is 0.443 e. The molecule has 1 aromatic heterocycles. The molecule has 3 rings (SSSR count). The standard InChI is InChI=1S/C21H31N3O4S/c1-11-9-13(11)7-8-14-17(25)16-12(2)15(29-19(16)24(6)18(14)26)10-22-23-20(27)28-21(3,4)5/h11,13-14,22H,7-10H2,1-6H3,(H,23,27)/t11-,13-,14?/m0/s1. The highest BCUT2D eigenvalue weighted by molar-refractivity contribution is 7.17. The second kappa shape index (κ2) is 8.07. The van der Waals surface area contributed by atoms with Gasteiger partial charge in [-0.25, -0.2) is 10.2 Å². The number of hydrogen-bond donors (Lipinski definition) is 2. The maximum Gasteiger partial charge on any atom is 0.422 e. The molecule has 1 fully saturated rings. The molecule has 0 aromatic carbocycles. The van der Waals surface area contributed by atoms with Gasteiger partial charge in [0.15, 0.2) is 5.78 Å². The Morgan fingerprint density at radius 1 is 1.28 bits per heavy atom. The van der Waals surface area contributed by atoms with Crippen LogP contribution in [0.15, 0.2) is 0 Å². The number of Topliss-reactive ketones (excluding diaryl/α,β-unsaturated/α-hetero) is 1. The van der Waals surface area contributed by atoms with E-state index >= 15 is 0 Å². The van der Waals surface area contributed by atoms with Gasteiger partial charge in [0.1, 0.15) is 16.5 Å². The van der Waals surface area contributed by atoms with Gasteiger partial charge in [-0.2, -0.15) is 0 Å². The summed E-state index contributed by atoms with van der Waals surface area (Å²) in [6.45, 7) is 9.85. The summed E-state index contributed by atoms with van der Waals surface area (Å²) in [4.78, 5) is 40.2. The Bertz CT molecular complexity index is 827. The van der Waals surface area contributed by atoms with Crippen LogP contribution in [0.5, 0.6) is 0 Å². The number of fused-ring (bicyclic) bond motifs is 1. The van der Waals surface area contributed by atoms with Gasteiger partial charge < -0.3 is 9.64 Å². The van der Waals surface area contributed by atoms with Crippen molar-refractivity contribution in [2.45, 2.75) is 66.0 Å². The summed E-state index contributed by atoms with van der Waals surface area (Å²) in [7, 11) is 1.74. The highest BCUT2D eigenvalue weighted by Gasteiger charge is 2.42. The average Bonchev–Trinajstić information content (AvgIpc) is 3.21. The first-order chi connectivity index (χ1) is 13.5. The number of nitrogens with one attached hydrogen (secondary N) is 2. The molecular formula is C21H31N3O4S. The molecule has 1 aromatic rings. The lowest BCUT2D eigenvalue weighted by atomic mass is 9.87. The van der Waals surface area contributed by atoms with Gasteiger partial charge in [-0.1, -0.05) is 6.92 Å². The first-order valence-electron chi connectivity index (χ1n) is 10.2. The number of carbonyl (C=O) groups excluding carboxylic acids is 3. The number of ether oxygens (including phenoxy) is 1. The van der Waals surface area contributed by atoms with E-state index in [1.54, 1.807) is 32.7 Å². The van der Waals surface area contributed by atoms with Crippen molar-refractivity contribution in [1.29, 1.82) is 0 Å². The van der Waals surface area contributed by atoms with Gasteiger partial charge in [0.25, 0.3) is 0 Å². The number of amides is 2. The van der Waals surface area contributed by atoms with Gasteiger partial charge in [-0.3, -0.25) is 15.0 Å². The van der Waals surface area contributed by atoms with E-state index in [4.69, 9.17) is 4.74 Å². The molecule has 8 heteroatoms. The minimum atomic E-state index is -0.577. The van der Waals surface area contributed by atoms with Crippen molar-refractivity contribution in [2.75, 3.05) is 11.9 Å². The third-order valence-electron chi connectivity index (χ3n) is 5.66. The predicted octanol–water partition coefficient (Wildman–Crippen LogP) is 3.80. The quantitative estimate of drug-likeness (QED) is 0.539. The van der Waals surface area contributed by atoms with E-state index in [0.717, 1.165) is 22.8 Å². The summed E-state index contributed by atoms with van der Waals surface area (Å²) in [5.41, 5.74) is 6.31. The molecule has 3 atom stereocenters. The van der Waals surface area contributed by atoms with E-state index in [9.17, 15) is 14.4 Å². The molecule has 2 N–H and O–H groups in total. The highest BCUT2D eigenvalue weighted by Crippen LogP contribution is 2.45. The summed E-state index contributed by atoms with van der Waals surface area (Å²) in [6, 6.07) is 0. The third-order valence-corrected chi connectivity index (χ3v) is 7.03. The summed E-state index contributed by atoms with van der Waals surface area (Å²) < 4.78 is 5.19. The second-order valence-corrected chi connectivity index (χ2v) is 10.3. The Labute approximate surface area is 176 Å². The molecule has 0 bridgehead atoms. The topological polar surface area (TPSA) is 87.7 Å². The Balaban J connectivity index is 1.67. The Hall–Kier alpha value is -1.93. The molecule has 160 valence electrons.